The van der Waals surface area contributed by atoms with Crippen LogP contribution in [0.4, 0.5) is 0 Å². The second-order valence-corrected chi connectivity index (χ2v) is 5.89. The Morgan fingerprint density at radius 3 is 2.82 bits per heavy atom. The Morgan fingerprint density at radius 2 is 2.18 bits per heavy atom. The number of nitrogens with two attached hydrogens (primary N) is 1. The molecule has 0 radical (unpaired) electrons. The smallest absolute Gasteiger partial charge is 0.333 e. The lowest BCUT2D eigenvalue weighted by Gasteiger charge is -2.35. The minimum Gasteiger partial charge on any atom is -0.346 e. The molecule has 2 atom stereocenters. The molecule has 2 saturated heterocycles. The first-order valence-corrected chi connectivity index (χ1v) is 6.89. The summed E-state index contributed by atoms with van der Waals surface area (Å²) < 4.78 is 43.1. The van der Waals surface area contributed by atoms with E-state index in [1.165, 1.54) is 0 Å². The summed E-state index contributed by atoms with van der Waals surface area (Å²) in [5.41, 5.74) is 0. The molecule has 2 rings (SSSR count). The molecule has 2 N–H and O–H groups in total. The molecule has 0 aromatic heterocycles. The summed E-state index contributed by atoms with van der Waals surface area (Å²) >= 11 is 0. The van der Waals surface area contributed by atoms with E-state index in [1.807, 2.05) is 0 Å². The zero-order chi connectivity index (χ0) is 12.7. The SMILES string of the molecule is CC1(C)O[C@@H]2CCCO[C@@]2(COS(N)(=O)=O)O1. The Kier molecular flexibility index (Phi) is 3.22. The fraction of sp³-hybridized carbons (Fsp3) is 1.00. The van der Waals surface area contributed by atoms with Crippen LogP contribution < -0.4 is 5.14 Å². The van der Waals surface area contributed by atoms with Gasteiger partial charge in [0, 0.05) is 0 Å². The Morgan fingerprint density at radius 1 is 1.47 bits per heavy atom. The van der Waals surface area contributed by atoms with Crippen LogP contribution in [0.2, 0.25) is 0 Å². The van der Waals surface area contributed by atoms with E-state index in [0.29, 0.717) is 6.61 Å². The predicted octanol–water partition coefficient (Wildman–Crippen LogP) is -0.135. The van der Waals surface area contributed by atoms with Crippen molar-refractivity contribution in [3.63, 3.8) is 0 Å². The lowest BCUT2D eigenvalue weighted by atomic mass is 10.0. The van der Waals surface area contributed by atoms with Crippen molar-refractivity contribution in [1.82, 2.24) is 0 Å². The Balaban J connectivity index is 2.14. The zero-order valence-electron chi connectivity index (χ0n) is 9.84. The molecule has 2 aliphatic heterocycles. The first-order chi connectivity index (χ1) is 7.73. The van der Waals surface area contributed by atoms with Gasteiger partial charge in [-0.3, -0.25) is 4.18 Å². The van der Waals surface area contributed by atoms with Crippen LogP contribution >= 0.6 is 0 Å². The molecule has 0 aliphatic carbocycles. The van der Waals surface area contributed by atoms with Gasteiger partial charge in [0.15, 0.2) is 5.79 Å². The van der Waals surface area contributed by atoms with Crippen LogP contribution in [0.15, 0.2) is 0 Å². The molecule has 8 heteroatoms. The molecule has 0 amide bonds. The minimum absolute atomic E-state index is 0.292. The predicted molar refractivity (Wildman–Crippen MR) is 57.0 cm³/mol. The maximum absolute atomic E-state index is 10.8. The summed E-state index contributed by atoms with van der Waals surface area (Å²) in [6.45, 7) is 3.67. The number of rotatable bonds is 3. The van der Waals surface area contributed by atoms with Crippen LogP contribution in [-0.4, -0.2) is 39.3 Å². The van der Waals surface area contributed by atoms with Gasteiger partial charge < -0.3 is 14.2 Å². The van der Waals surface area contributed by atoms with Gasteiger partial charge in [-0.25, -0.2) is 5.14 Å². The molecular weight excluding hydrogens is 250 g/mol. The van der Waals surface area contributed by atoms with Gasteiger partial charge in [-0.2, -0.15) is 8.42 Å². The summed E-state index contributed by atoms with van der Waals surface area (Å²) in [5, 5.41) is 4.80. The molecule has 7 nitrogen and oxygen atoms in total. The third-order valence-electron chi connectivity index (χ3n) is 2.72. The van der Waals surface area contributed by atoms with Gasteiger partial charge in [0.05, 0.1) is 6.61 Å². The van der Waals surface area contributed by atoms with Crippen LogP contribution in [0.1, 0.15) is 26.7 Å². The molecule has 0 bridgehead atoms. The van der Waals surface area contributed by atoms with E-state index in [-0.39, 0.29) is 12.7 Å². The quantitative estimate of drug-likeness (QED) is 0.764. The first-order valence-electron chi connectivity index (χ1n) is 5.42. The van der Waals surface area contributed by atoms with Crippen LogP contribution in [-0.2, 0) is 28.7 Å². The van der Waals surface area contributed by atoms with Gasteiger partial charge in [0.2, 0.25) is 5.79 Å². The van der Waals surface area contributed by atoms with Crippen LogP contribution in [0.5, 0.6) is 0 Å². The fourth-order valence-electron chi connectivity index (χ4n) is 2.18. The summed E-state index contributed by atoms with van der Waals surface area (Å²) in [5.74, 6) is -2.00. The van der Waals surface area contributed by atoms with E-state index in [4.69, 9.17) is 19.3 Å². The molecule has 2 fully saturated rings. The van der Waals surface area contributed by atoms with Crippen molar-refractivity contribution in [2.24, 2.45) is 5.14 Å². The summed E-state index contributed by atoms with van der Waals surface area (Å²) in [6, 6.07) is 0. The molecule has 100 valence electrons. The average Bonchev–Trinajstić information content (AvgIpc) is 2.44. The highest BCUT2D eigenvalue weighted by molar-refractivity contribution is 7.84. The maximum atomic E-state index is 10.8. The van der Waals surface area contributed by atoms with E-state index in [9.17, 15) is 8.42 Å². The second-order valence-electron chi connectivity index (χ2n) is 4.67. The summed E-state index contributed by atoms with van der Waals surface area (Å²) in [7, 11) is -4.02. The Labute approximate surface area is 100 Å². The molecule has 2 aliphatic rings. The van der Waals surface area contributed by atoms with Gasteiger partial charge in [-0.05, 0) is 26.7 Å². The highest BCUT2D eigenvalue weighted by atomic mass is 32.2. The zero-order valence-corrected chi connectivity index (χ0v) is 10.7. The normalized spacial score (nSPS) is 36.8. The second kappa shape index (κ2) is 4.15. The van der Waals surface area contributed by atoms with Gasteiger partial charge in [-0.1, -0.05) is 0 Å². The standard InChI is InChI=1S/C9H17NO6S/c1-8(2)15-7-4-3-5-13-9(7,16-8)6-14-17(10,11)12/h7H,3-6H2,1-2H3,(H2,10,11,12)/t7-,9+/m1/s1. The van der Waals surface area contributed by atoms with E-state index in [0.717, 1.165) is 12.8 Å². The third-order valence-corrected chi connectivity index (χ3v) is 3.16. The maximum Gasteiger partial charge on any atom is 0.333 e. The van der Waals surface area contributed by atoms with E-state index in [1.54, 1.807) is 13.8 Å². The van der Waals surface area contributed by atoms with Crippen molar-refractivity contribution in [2.45, 2.75) is 44.4 Å². The molecular formula is C9H17NO6S. The molecule has 0 saturated carbocycles. The number of hydrogen-bond donors (Lipinski definition) is 1. The van der Waals surface area contributed by atoms with Crippen molar-refractivity contribution < 1.29 is 26.8 Å². The van der Waals surface area contributed by atoms with E-state index >= 15 is 0 Å². The van der Waals surface area contributed by atoms with Crippen LogP contribution in [0.3, 0.4) is 0 Å². The third kappa shape index (κ3) is 2.95. The minimum atomic E-state index is -4.02. The van der Waals surface area contributed by atoms with Gasteiger partial charge >= 0.3 is 10.3 Å². The van der Waals surface area contributed by atoms with Crippen LogP contribution in [0.25, 0.3) is 0 Å². The largest absolute Gasteiger partial charge is 0.346 e. The van der Waals surface area contributed by atoms with Gasteiger partial charge in [0.1, 0.15) is 12.7 Å². The summed E-state index contributed by atoms with van der Waals surface area (Å²) in [6.07, 6.45) is 1.23. The van der Waals surface area contributed by atoms with Crippen molar-refractivity contribution in [3.8, 4) is 0 Å². The molecule has 0 aromatic rings. The van der Waals surface area contributed by atoms with Crippen molar-refractivity contribution in [2.75, 3.05) is 13.2 Å². The first kappa shape index (κ1) is 13.2. The van der Waals surface area contributed by atoms with E-state index < -0.39 is 21.9 Å². The highest BCUT2D eigenvalue weighted by Gasteiger charge is 2.56. The molecule has 17 heavy (non-hydrogen) atoms. The molecule has 0 unspecified atom stereocenters. The lowest BCUT2D eigenvalue weighted by Crippen LogP contribution is -2.51. The topological polar surface area (TPSA) is 97.1 Å². The molecule has 2 heterocycles. The van der Waals surface area contributed by atoms with E-state index in [2.05, 4.69) is 4.18 Å². The van der Waals surface area contributed by atoms with Crippen molar-refractivity contribution in [3.05, 3.63) is 0 Å². The average molecular weight is 267 g/mol. The van der Waals surface area contributed by atoms with Gasteiger partial charge in [0.25, 0.3) is 0 Å². The van der Waals surface area contributed by atoms with Crippen molar-refractivity contribution >= 4 is 10.3 Å². The van der Waals surface area contributed by atoms with Crippen LogP contribution in [0, 0.1) is 0 Å². The lowest BCUT2D eigenvalue weighted by molar-refractivity contribution is -0.274. The number of fused-ring (bicyclic) bond motifs is 1. The summed E-state index contributed by atoms with van der Waals surface area (Å²) in [4.78, 5) is 0. The van der Waals surface area contributed by atoms with Gasteiger partial charge in [-0.15, -0.1) is 0 Å². The molecule has 0 aromatic carbocycles. The number of ether oxygens (including phenoxy) is 3. The monoisotopic (exact) mass is 267 g/mol. The Bertz CT molecular complexity index is 394. The Hall–Kier alpha value is -0.250. The number of hydrogen-bond acceptors (Lipinski definition) is 6. The van der Waals surface area contributed by atoms with Crippen molar-refractivity contribution in [1.29, 1.82) is 0 Å². The highest BCUT2D eigenvalue weighted by Crippen LogP contribution is 2.42. The fourth-order valence-corrected chi connectivity index (χ4v) is 2.51. The molecule has 0 spiro atoms.